The van der Waals surface area contributed by atoms with Crippen LogP contribution >= 0.6 is 0 Å². The van der Waals surface area contributed by atoms with E-state index in [1.54, 1.807) is 44.8 Å². The van der Waals surface area contributed by atoms with Crippen molar-refractivity contribution in [3.05, 3.63) is 0 Å². The van der Waals surface area contributed by atoms with Gasteiger partial charge in [-0.1, -0.05) is 0 Å². The number of nitrogens with zero attached hydrogens (tertiary/aromatic N) is 3. The summed E-state index contributed by atoms with van der Waals surface area (Å²) in [5.74, 6) is -3.83. The average molecular weight is 389 g/mol. The van der Waals surface area contributed by atoms with E-state index in [-0.39, 0.29) is 5.92 Å². The van der Waals surface area contributed by atoms with Crippen LogP contribution in [-0.2, 0) is 9.53 Å². The fraction of sp³-hybridized carbons (Fsp3) is 0.889. The van der Waals surface area contributed by atoms with Gasteiger partial charge in [-0.25, -0.2) is 23.6 Å². The third-order valence-corrected chi connectivity index (χ3v) is 5.86. The number of ether oxygens (including phenoxy) is 1. The molecule has 9 heteroatoms. The number of aliphatic carboxylic acids is 1. The van der Waals surface area contributed by atoms with Gasteiger partial charge in [0.15, 0.2) is 0 Å². The Morgan fingerprint density at radius 3 is 2.37 bits per heavy atom. The summed E-state index contributed by atoms with van der Waals surface area (Å²) in [4.78, 5) is 24.8. The number of carbonyl (C=O) groups is 2. The lowest BCUT2D eigenvalue weighted by molar-refractivity contribution is -0.160. The summed E-state index contributed by atoms with van der Waals surface area (Å²) in [6.07, 6.45) is 0.239. The minimum Gasteiger partial charge on any atom is -0.481 e. The number of hydrogen-bond donors (Lipinski definition) is 1. The van der Waals surface area contributed by atoms with Crippen LogP contribution in [-0.4, -0.2) is 82.4 Å². The summed E-state index contributed by atoms with van der Waals surface area (Å²) in [6, 6.07) is -1.75. The number of carbonyl (C=O) groups excluding carboxylic acids is 1. The first kappa shape index (κ1) is 20.3. The highest BCUT2D eigenvalue weighted by atomic mass is 19.3. The molecule has 2 heterocycles. The molecule has 7 nitrogen and oxygen atoms in total. The maximum absolute atomic E-state index is 14.8. The van der Waals surface area contributed by atoms with Gasteiger partial charge in [0.2, 0.25) is 0 Å². The Bertz CT molecular complexity index is 631. The van der Waals surface area contributed by atoms with E-state index in [9.17, 15) is 23.5 Å². The molecule has 0 aromatic carbocycles. The van der Waals surface area contributed by atoms with E-state index in [0.29, 0.717) is 25.9 Å². The van der Waals surface area contributed by atoms with E-state index < -0.39 is 47.6 Å². The monoisotopic (exact) mass is 389 g/mol. The first-order chi connectivity index (χ1) is 12.2. The smallest absolute Gasteiger partial charge is 0.410 e. The van der Waals surface area contributed by atoms with Crippen molar-refractivity contribution in [1.29, 1.82) is 0 Å². The Labute approximate surface area is 158 Å². The number of likely N-dealkylation sites (tertiary alicyclic amines) is 1. The van der Waals surface area contributed by atoms with Gasteiger partial charge in [-0.2, -0.15) is 0 Å². The number of likely N-dealkylation sites (N-methyl/N-ethyl adjacent to an activating group) is 1. The zero-order chi connectivity index (χ0) is 20.4. The first-order valence-electron chi connectivity index (χ1n) is 9.32. The fourth-order valence-electron chi connectivity index (χ4n) is 4.65. The summed E-state index contributed by atoms with van der Waals surface area (Å²) in [5.41, 5.74) is -1.51. The van der Waals surface area contributed by atoms with Gasteiger partial charge in [-0.3, -0.25) is 9.69 Å². The number of amides is 1. The van der Waals surface area contributed by atoms with E-state index in [4.69, 9.17) is 4.74 Å². The molecule has 1 N–H and O–H groups in total. The molecule has 0 spiro atoms. The number of hydrazine groups is 1. The zero-order valence-corrected chi connectivity index (χ0v) is 16.5. The molecule has 2 unspecified atom stereocenters. The molecule has 0 bridgehead atoms. The number of fused-ring (bicyclic) bond motifs is 1. The Morgan fingerprint density at radius 2 is 1.85 bits per heavy atom. The summed E-state index contributed by atoms with van der Waals surface area (Å²) in [5, 5.41) is 12.6. The number of halogens is 2. The molecule has 0 aromatic rings. The first-order valence-corrected chi connectivity index (χ1v) is 9.32. The molecule has 27 heavy (non-hydrogen) atoms. The van der Waals surface area contributed by atoms with Crippen molar-refractivity contribution in [3.63, 3.8) is 0 Å². The highest BCUT2D eigenvalue weighted by Crippen LogP contribution is 2.48. The van der Waals surface area contributed by atoms with E-state index in [1.807, 2.05) is 0 Å². The molecule has 1 saturated carbocycles. The molecule has 1 aliphatic carbocycles. The Kier molecular flexibility index (Phi) is 4.70. The van der Waals surface area contributed by atoms with Crippen LogP contribution in [0.4, 0.5) is 13.6 Å². The van der Waals surface area contributed by atoms with Gasteiger partial charge in [-0.15, -0.1) is 0 Å². The van der Waals surface area contributed by atoms with Crippen molar-refractivity contribution in [2.75, 3.05) is 26.7 Å². The van der Waals surface area contributed by atoms with Crippen molar-refractivity contribution in [1.82, 2.24) is 14.9 Å². The normalized spacial score (nSPS) is 36.4. The Hall–Kier alpha value is -1.48. The van der Waals surface area contributed by atoms with E-state index in [2.05, 4.69) is 0 Å². The summed E-state index contributed by atoms with van der Waals surface area (Å²) in [7, 11) is 1.73. The number of rotatable bonds is 3. The predicted octanol–water partition coefficient (Wildman–Crippen LogP) is 2.27. The van der Waals surface area contributed by atoms with Crippen molar-refractivity contribution in [2.24, 2.45) is 11.3 Å². The van der Waals surface area contributed by atoms with Crippen LogP contribution in [0.15, 0.2) is 0 Å². The summed E-state index contributed by atoms with van der Waals surface area (Å²) in [6.45, 7) is 6.84. The molecule has 3 fully saturated rings. The van der Waals surface area contributed by atoms with Crippen molar-refractivity contribution in [3.8, 4) is 0 Å². The number of carboxylic acid groups (broad SMARTS) is 1. The van der Waals surface area contributed by atoms with Gasteiger partial charge in [0.25, 0.3) is 5.92 Å². The second-order valence-electron chi connectivity index (χ2n) is 9.48. The molecule has 2 saturated heterocycles. The van der Waals surface area contributed by atoms with Gasteiger partial charge >= 0.3 is 12.1 Å². The molecular weight excluding hydrogens is 360 g/mol. The average Bonchev–Trinajstić information content (AvgIpc) is 2.90. The van der Waals surface area contributed by atoms with Gasteiger partial charge in [-0.05, 0) is 46.5 Å². The van der Waals surface area contributed by atoms with E-state index in [1.165, 1.54) is 0 Å². The molecule has 0 aromatic heterocycles. The van der Waals surface area contributed by atoms with Crippen LogP contribution in [0, 0.1) is 11.3 Å². The predicted molar refractivity (Wildman–Crippen MR) is 93.3 cm³/mol. The molecular formula is C18H29F2N3O4. The van der Waals surface area contributed by atoms with Crippen LogP contribution in [0.1, 0.15) is 40.5 Å². The van der Waals surface area contributed by atoms with Crippen molar-refractivity contribution < 1.29 is 28.2 Å². The molecule has 2 aliphatic heterocycles. The fourth-order valence-corrected chi connectivity index (χ4v) is 4.65. The number of hydrogen-bond acceptors (Lipinski definition) is 5. The lowest BCUT2D eigenvalue weighted by Crippen LogP contribution is -2.53. The van der Waals surface area contributed by atoms with Gasteiger partial charge in [0, 0.05) is 20.1 Å². The highest BCUT2D eigenvalue weighted by molar-refractivity contribution is 5.75. The standard InChI is InChI=1S/C18H29F2N3O4/c1-16(2,3)27-15(26)22-10-18(19,20)13-12(22)9-21(5)23(13)8-11-6-17(4,7-11)14(24)25/h11-13H,6-10H2,1-5H3,(H,24,25). The topological polar surface area (TPSA) is 73.3 Å². The molecule has 3 aliphatic rings. The molecule has 2 atom stereocenters. The van der Waals surface area contributed by atoms with E-state index in [0.717, 1.165) is 4.90 Å². The SMILES string of the molecule is CN1CC2C(N1CC1CC(C)(C(=O)O)C1)C(F)(F)CN2C(=O)OC(C)(C)C. The lowest BCUT2D eigenvalue weighted by atomic mass is 9.63. The number of carboxylic acids is 1. The van der Waals surface area contributed by atoms with Crippen LogP contribution in [0.5, 0.6) is 0 Å². The minimum atomic E-state index is -3.05. The second-order valence-corrected chi connectivity index (χ2v) is 9.48. The van der Waals surface area contributed by atoms with Crippen LogP contribution in [0.3, 0.4) is 0 Å². The van der Waals surface area contributed by atoms with Crippen molar-refractivity contribution >= 4 is 12.1 Å². The van der Waals surface area contributed by atoms with Crippen LogP contribution < -0.4 is 0 Å². The third-order valence-electron chi connectivity index (χ3n) is 5.86. The maximum atomic E-state index is 14.8. The van der Waals surface area contributed by atoms with E-state index >= 15 is 0 Å². The summed E-state index contributed by atoms with van der Waals surface area (Å²) >= 11 is 0. The molecule has 1 amide bonds. The largest absolute Gasteiger partial charge is 0.481 e. The maximum Gasteiger partial charge on any atom is 0.410 e. The lowest BCUT2D eigenvalue weighted by Gasteiger charge is -2.45. The zero-order valence-electron chi connectivity index (χ0n) is 16.5. The highest BCUT2D eigenvalue weighted by Gasteiger charge is 2.63. The summed E-state index contributed by atoms with van der Waals surface area (Å²) < 4.78 is 34.9. The third kappa shape index (κ3) is 3.63. The Balaban J connectivity index is 1.71. The molecule has 0 radical (unpaired) electrons. The van der Waals surface area contributed by atoms with Crippen LogP contribution in [0.25, 0.3) is 0 Å². The number of alkyl halides is 2. The quantitative estimate of drug-likeness (QED) is 0.798. The minimum absolute atomic E-state index is 0.0543. The van der Waals surface area contributed by atoms with Gasteiger partial charge < -0.3 is 9.84 Å². The molecule has 3 rings (SSSR count). The van der Waals surface area contributed by atoms with Gasteiger partial charge in [0.1, 0.15) is 11.6 Å². The Morgan fingerprint density at radius 1 is 1.26 bits per heavy atom. The van der Waals surface area contributed by atoms with Gasteiger partial charge in [0.05, 0.1) is 18.0 Å². The van der Waals surface area contributed by atoms with Crippen molar-refractivity contribution in [2.45, 2.75) is 64.1 Å². The molecule has 154 valence electrons. The second kappa shape index (κ2) is 6.27. The van der Waals surface area contributed by atoms with Crippen LogP contribution in [0.2, 0.25) is 0 Å².